The van der Waals surface area contributed by atoms with E-state index in [-0.39, 0.29) is 5.69 Å². The molecule has 80 valence electrons. The summed E-state index contributed by atoms with van der Waals surface area (Å²) in [6.45, 7) is 0. The highest BCUT2D eigenvalue weighted by Crippen LogP contribution is 1.97. The number of nitrogen functional groups attached to an aromatic ring is 1. The predicted molar refractivity (Wildman–Crippen MR) is 41.1 cm³/mol. The second-order valence-electron chi connectivity index (χ2n) is 2.08. The minimum Gasteiger partial charge on any atom is -0.759 e. The maximum absolute atomic E-state index is 10.4. The predicted octanol–water partition coefficient (Wildman–Crippen LogP) is -3.69. The summed E-state index contributed by atoms with van der Waals surface area (Å²) in [6, 6.07) is 0. The second kappa shape index (κ2) is 4.66. The number of hydrogen-bond acceptors (Lipinski definition) is 6. The van der Waals surface area contributed by atoms with Gasteiger partial charge in [-0.3, -0.25) is 14.2 Å². The molecule has 0 radical (unpaired) electrons. The molecular weight excluding hydrogens is 216 g/mol. The summed E-state index contributed by atoms with van der Waals surface area (Å²) in [5, 5.41) is 0. The molecule has 10 heteroatoms. The lowest BCUT2D eigenvalue weighted by Gasteiger charge is -2.06. The van der Waals surface area contributed by atoms with Crippen molar-refractivity contribution >= 4 is 21.9 Å². The maximum atomic E-state index is 10.4. The molecule has 1 rings (SSSR count). The molecule has 0 bridgehead atoms. The number of anilines is 1. The fourth-order valence-corrected chi connectivity index (χ4v) is 0.476. The van der Waals surface area contributed by atoms with E-state index < -0.39 is 10.4 Å². The Morgan fingerprint density at radius 1 is 1.50 bits per heavy atom. The lowest BCUT2D eigenvalue weighted by molar-refractivity contribution is -0.404. The average Bonchev–Trinajstić information content (AvgIpc) is 1.94. The van der Waals surface area contributed by atoms with Gasteiger partial charge in [-0.25, -0.2) is 4.98 Å². The molecule has 14 heavy (non-hydrogen) atoms. The highest BCUT2D eigenvalue weighted by Gasteiger charge is 2.02. The SMILES string of the molecule is Nc1c[nH+]c(=O)[nH]c1[NH3+].O=S(=O)([O-])[O-]. The van der Waals surface area contributed by atoms with Crippen molar-refractivity contribution in [3.05, 3.63) is 16.7 Å². The van der Waals surface area contributed by atoms with Gasteiger partial charge in [0.25, 0.3) is 0 Å². The fourth-order valence-electron chi connectivity index (χ4n) is 0.476. The molecule has 0 aliphatic rings. The van der Waals surface area contributed by atoms with E-state index in [0.717, 1.165) is 0 Å². The molecule has 0 aliphatic heterocycles. The number of rotatable bonds is 0. The summed E-state index contributed by atoms with van der Waals surface area (Å²) < 4.78 is 34.1. The number of quaternary nitrogens is 1. The van der Waals surface area contributed by atoms with Gasteiger partial charge in [0.15, 0.2) is 5.69 Å². The Labute approximate surface area is 78.3 Å². The minimum atomic E-state index is -5.17. The number of nitrogens with one attached hydrogen (secondary N) is 2. The third kappa shape index (κ3) is 7.17. The summed E-state index contributed by atoms with van der Waals surface area (Å²) in [6.07, 6.45) is 1.40. The van der Waals surface area contributed by atoms with Gasteiger partial charge in [0, 0.05) is 10.4 Å². The van der Waals surface area contributed by atoms with Crippen LogP contribution in [-0.4, -0.2) is 22.5 Å². The molecule has 0 aliphatic carbocycles. The lowest BCUT2D eigenvalue weighted by Crippen LogP contribution is -2.46. The smallest absolute Gasteiger partial charge is 0.498 e. The summed E-state index contributed by atoms with van der Waals surface area (Å²) in [5.41, 5.74) is 8.96. The molecule has 0 saturated carbocycles. The van der Waals surface area contributed by atoms with Crippen molar-refractivity contribution in [1.29, 1.82) is 0 Å². The first-order chi connectivity index (χ1) is 6.20. The molecule has 9 nitrogen and oxygen atoms in total. The fraction of sp³-hybridized carbons (Fsp3) is 0. The number of nitrogens with two attached hydrogens (primary N) is 1. The molecular formula is C4H8N4O5S. The van der Waals surface area contributed by atoms with Crippen molar-refractivity contribution in [3.63, 3.8) is 0 Å². The Morgan fingerprint density at radius 2 is 1.93 bits per heavy atom. The Kier molecular flexibility index (Phi) is 4.17. The Bertz CT molecular complexity index is 443. The van der Waals surface area contributed by atoms with Crippen molar-refractivity contribution in [2.45, 2.75) is 0 Å². The third-order valence-electron chi connectivity index (χ3n) is 0.972. The highest BCUT2D eigenvalue weighted by atomic mass is 32.3. The van der Waals surface area contributed by atoms with Crippen LogP contribution in [0.2, 0.25) is 0 Å². The molecule has 1 aromatic heterocycles. The van der Waals surface area contributed by atoms with Crippen LogP contribution in [0.1, 0.15) is 0 Å². The first-order valence-electron chi connectivity index (χ1n) is 3.09. The molecule has 0 unspecified atom stereocenters. The summed E-state index contributed by atoms with van der Waals surface area (Å²) in [5.74, 6) is 0.443. The lowest BCUT2D eigenvalue weighted by atomic mass is 10.5. The van der Waals surface area contributed by atoms with E-state index >= 15 is 0 Å². The molecule has 1 aromatic rings. The third-order valence-corrected chi connectivity index (χ3v) is 0.972. The average molecular weight is 224 g/mol. The van der Waals surface area contributed by atoms with E-state index in [1.807, 2.05) is 0 Å². The van der Waals surface area contributed by atoms with E-state index in [4.69, 9.17) is 23.3 Å². The van der Waals surface area contributed by atoms with Gasteiger partial charge in [-0.1, -0.05) is 0 Å². The quantitative estimate of drug-likeness (QED) is 0.301. The van der Waals surface area contributed by atoms with Gasteiger partial charge in [0.05, 0.1) is 0 Å². The van der Waals surface area contributed by atoms with Gasteiger partial charge in [-0.2, -0.15) is 9.78 Å². The Morgan fingerprint density at radius 3 is 2.21 bits per heavy atom. The number of aromatic nitrogens is 2. The first-order valence-corrected chi connectivity index (χ1v) is 4.42. The Hall–Kier alpha value is -1.49. The van der Waals surface area contributed by atoms with Gasteiger partial charge in [0.2, 0.25) is 0 Å². The van der Waals surface area contributed by atoms with Crippen LogP contribution >= 0.6 is 0 Å². The van der Waals surface area contributed by atoms with Crippen LogP contribution in [0.15, 0.2) is 11.0 Å². The van der Waals surface area contributed by atoms with Crippen molar-refractivity contribution in [2.75, 3.05) is 5.73 Å². The largest absolute Gasteiger partial charge is 0.759 e. The van der Waals surface area contributed by atoms with Crippen molar-refractivity contribution in [3.8, 4) is 0 Å². The van der Waals surface area contributed by atoms with E-state index in [1.165, 1.54) is 6.20 Å². The topological polar surface area (TPSA) is 181 Å². The standard InChI is InChI=1S/C4H6N4O.H2O4S/c5-2-1-7-4(9)8-3(2)6;1-5(2,3)4/h1H,5H2,(H3,6,7,8,9);(H2,1,2,3,4). The monoisotopic (exact) mass is 224 g/mol. The zero-order valence-corrected chi connectivity index (χ0v) is 7.63. The van der Waals surface area contributed by atoms with E-state index in [2.05, 4.69) is 15.7 Å². The minimum absolute atomic E-state index is 0.297. The number of hydrogen-bond donors (Lipinski definition) is 3. The zero-order chi connectivity index (χ0) is 11.4. The zero-order valence-electron chi connectivity index (χ0n) is 6.81. The molecule has 0 atom stereocenters. The maximum Gasteiger partial charge on any atom is 0.498 e. The molecule has 0 spiro atoms. The van der Waals surface area contributed by atoms with Crippen LogP contribution in [0.5, 0.6) is 0 Å². The molecule has 7 N–H and O–H groups in total. The molecule has 0 amide bonds. The van der Waals surface area contributed by atoms with Crippen LogP contribution in [0, 0.1) is 0 Å². The first kappa shape index (κ1) is 12.5. The van der Waals surface area contributed by atoms with Gasteiger partial charge < -0.3 is 14.8 Å². The van der Waals surface area contributed by atoms with Gasteiger partial charge in [0.1, 0.15) is 6.20 Å². The van der Waals surface area contributed by atoms with Crippen LogP contribution in [-0.2, 0) is 10.4 Å². The summed E-state index contributed by atoms with van der Waals surface area (Å²) in [4.78, 5) is 15.2. The number of aromatic amines is 2. The normalized spacial score (nSPS) is 10.2. The van der Waals surface area contributed by atoms with Gasteiger partial charge in [-0.05, 0) is 0 Å². The number of H-pyrrole nitrogens is 2. The van der Waals surface area contributed by atoms with Gasteiger partial charge in [-0.15, -0.1) is 0 Å². The van der Waals surface area contributed by atoms with E-state index in [1.54, 1.807) is 0 Å². The van der Waals surface area contributed by atoms with Crippen LogP contribution in [0.4, 0.5) is 11.5 Å². The van der Waals surface area contributed by atoms with Crippen molar-refractivity contribution < 1.29 is 28.2 Å². The van der Waals surface area contributed by atoms with Crippen molar-refractivity contribution in [1.82, 2.24) is 4.98 Å². The van der Waals surface area contributed by atoms with Crippen LogP contribution in [0.3, 0.4) is 0 Å². The second-order valence-corrected chi connectivity index (χ2v) is 2.90. The summed E-state index contributed by atoms with van der Waals surface area (Å²) in [7, 11) is -5.17. The van der Waals surface area contributed by atoms with Crippen molar-refractivity contribution in [2.24, 2.45) is 0 Å². The van der Waals surface area contributed by atoms with E-state index in [9.17, 15) is 4.79 Å². The van der Waals surface area contributed by atoms with Gasteiger partial charge >= 0.3 is 11.5 Å². The van der Waals surface area contributed by atoms with E-state index in [0.29, 0.717) is 11.5 Å². The highest BCUT2D eigenvalue weighted by molar-refractivity contribution is 7.79. The molecule has 1 heterocycles. The van der Waals surface area contributed by atoms with Crippen LogP contribution in [0.25, 0.3) is 0 Å². The van der Waals surface area contributed by atoms with Crippen LogP contribution < -0.4 is 22.1 Å². The molecule has 0 saturated heterocycles. The molecule has 0 fully saturated rings. The summed E-state index contributed by atoms with van der Waals surface area (Å²) >= 11 is 0. The molecule has 0 aromatic carbocycles. The Balaban J connectivity index is 0.000000292.